The first-order chi connectivity index (χ1) is 17.5. The average Bonchev–Trinajstić information content (AvgIpc) is 3.38. The number of hydrogen-bond donors (Lipinski definition) is 2. The van der Waals surface area contributed by atoms with Crippen LogP contribution >= 0.6 is 23.8 Å². The van der Waals surface area contributed by atoms with Crippen LogP contribution in [-0.2, 0) is 0 Å². The highest BCUT2D eigenvalue weighted by molar-refractivity contribution is 7.80. The first-order valence-corrected chi connectivity index (χ1v) is 13.0. The summed E-state index contributed by atoms with van der Waals surface area (Å²) in [6.45, 7) is 5.99. The maximum absolute atomic E-state index is 6.60. The third kappa shape index (κ3) is 4.84. The molecule has 0 radical (unpaired) electrons. The van der Waals surface area contributed by atoms with Gasteiger partial charge in [-0.2, -0.15) is 0 Å². The highest BCUT2D eigenvalue weighted by Crippen LogP contribution is 2.41. The van der Waals surface area contributed by atoms with Crippen LogP contribution in [0.15, 0.2) is 85.1 Å². The van der Waals surface area contributed by atoms with Crippen LogP contribution in [0.3, 0.4) is 0 Å². The minimum atomic E-state index is -0.0408. The van der Waals surface area contributed by atoms with Crippen molar-refractivity contribution in [2.45, 2.75) is 32.4 Å². The first-order valence-electron chi connectivity index (χ1n) is 12.3. The molecule has 2 N–H and O–H groups in total. The van der Waals surface area contributed by atoms with Crippen molar-refractivity contribution in [1.82, 2.24) is 19.8 Å². The van der Waals surface area contributed by atoms with Crippen LogP contribution in [0.2, 0.25) is 5.02 Å². The normalized spacial score (nSPS) is 17.3. The molecule has 4 aromatic rings. The van der Waals surface area contributed by atoms with Crippen molar-refractivity contribution < 1.29 is 0 Å². The molecule has 36 heavy (non-hydrogen) atoms. The SMILES string of the molecule is Cc1cc([C@@H]2[C@H](c3ccccn3)NC(=S)N2CCCNc2ccccc2)c(C)n1-c1ccccc1Cl. The van der Waals surface area contributed by atoms with E-state index in [1.54, 1.807) is 0 Å². The molecule has 2 aromatic carbocycles. The van der Waals surface area contributed by atoms with Crippen LogP contribution in [0.4, 0.5) is 5.69 Å². The molecule has 0 saturated carbocycles. The summed E-state index contributed by atoms with van der Waals surface area (Å²) in [5.41, 5.74) is 6.63. The van der Waals surface area contributed by atoms with Gasteiger partial charge in [-0.15, -0.1) is 0 Å². The fourth-order valence-corrected chi connectivity index (χ4v) is 5.67. The molecule has 2 atom stereocenters. The Hall–Kier alpha value is -3.35. The second-order valence-electron chi connectivity index (χ2n) is 9.08. The van der Waals surface area contributed by atoms with Crippen molar-refractivity contribution in [2.24, 2.45) is 0 Å². The topological polar surface area (TPSA) is 45.1 Å². The van der Waals surface area contributed by atoms with E-state index in [0.29, 0.717) is 0 Å². The molecule has 2 aromatic heterocycles. The van der Waals surface area contributed by atoms with E-state index in [2.05, 4.69) is 69.3 Å². The largest absolute Gasteiger partial charge is 0.385 e. The lowest BCUT2D eigenvalue weighted by Gasteiger charge is -2.28. The average molecular weight is 516 g/mol. The third-order valence-corrected chi connectivity index (χ3v) is 7.43. The number of aryl methyl sites for hydroxylation is 1. The zero-order valence-electron chi connectivity index (χ0n) is 20.5. The van der Waals surface area contributed by atoms with Crippen LogP contribution in [0.25, 0.3) is 5.69 Å². The van der Waals surface area contributed by atoms with Gasteiger partial charge in [0.15, 0.2) is 5.11 Å². The molecule has 1 aliphatic rings. The van der Waals surface area contributed by atoms with Crippen molar-refractivity contribution >= 4 is 34.6 Å². The minimum Gasteiger partial charge on any atom is -0.385 e. The number of benzene rings is 2. The molecule has 0 aliphatic carbocycles. The number of aromatic nitrogens is 2. The van der Waals surface area contributed by atoms with Gasteiger partial charge in [-0.3, -0.25) is 4.98 Å². The fraction of sp³-hybridized carbons (Fsp3) is 0.241. The lowest BCUT2D eigenvalue weighted by molar-refractivity contribution is 0.315. The van der Waals surface area contributed by atoms with Gasteiger partial charge in [0.2, 0.25) is 0 Å². The lowest BCUT2D eigenvalue weighted by Crippen LogP contribution is -2.31. The zero-order valence-corrected chi connectivity index (χ0v) is 22.1. The highest BCUT2D eigenvalue weighted by atomic mass is 35.5. The number of nitrogens with one attached hydrogen (secondary N) is 2. The van der Waals surface area contributed by atoms with E-state index in [1.807, 2.05) is 54.7 Å². The molecule has 0 bridgehead atoms. The number of nitrogens with zero attached hydrogens (tertiary/aromatic N) is 3. The third-order valence-electron chi connectivity index (χ3n) is 6.76. The summed E-state index contributed by atoms with van der Waals surface area (Å²) in [6, 6.07) is 26.6. The summed E-state index contributed by atoms with van der Waals surface area (Å²) in [6.07, 6.45) is 2.79. The van der Waals surface area contributed by atoms with Gasteiger partial charge in [0, 0.05) is 36.4 Å². The Morgan fingerprint density at radius 1 is 1.00 bits per heavy atom. The van der Waals surface area contributed by atoms with Gasteiger partial charge in [0.25, 0.3) is 0 Å². The summed E-state index contributed by atoms with van der Waals surface area (Å²) < 4.78 is 2.24. The Kier molecular flexibility index (Phi) is 7.25. The second kappa shape index (κ2) is 10.7. The Morgan fingerprint density at radius 2 is 1.75 bits per heavy atom. The number of thiocarbonyl (C=S) groups is 1. The summed E-state index contributed by atoms with van der Waals surface area (Å²) in [5, 5.41) is 8.58. The van der Waals surface area contributed by atoms with Gasteiger partial charge in [-0.1, -0.05) is 48.0 Å². The van der Waals surface area contributed by atoms with E-state index in [1.165, 1.54) is 5.56 Å². The highest BCUT2D eigenvalue weighted by Gasteiger charge is 2.41. The molecule has 1 fully saturated rings. The Balaban J connectivity index is 1.46. The van der Waals surface area contributed by atoms with Crippen LogP contribution in [0.1, 0.15) is 41.1 Å². The van der Waals surface area contributed by atoms with Crippen molar-refractivity contribution in [1.29, 1.82) is 0 Å². The summed E-state index contributed by atoms with van der Waals surface area (Å²) in [4.78, 5) is 7.00. The Labute approximate surface area is 223 Å². The van der Waals surface area contributed by atoms with E-state index in [-0.39, 0.29) is 12.1 Å². The molecule has 5 rings (SSSR count). The van der Waals surface area contributed by atoms with Crippen LogP contribution in [-0.4, -0.2) is 32.7 Å². The Bertz CT molecular complexity index is 1340. The minimum absolute atomic E-state index is 0.0200. The van der Waals surface area contributed by atoms with Crippen molar-refractivity contribution in [2.75, 3.05) is 18.4 Å². The monoisotopic (exact) mass is 515 g/mol. The molecular weight excluding hydrogens is 486 g/mol. The Morgan fingerprint density at radius 3 is 2.50 bits per heavy atom. The number of halogens is 1. The second-order valence-corrected chi connectivity index (χ2v) is 9.87. The molecule has 1 aliphatic heterocycles. The van der Waals surface area contributed by atoms with Gasteiger partial charge >= 0.3 is 0 Å². The standard InChI is InChI=1S/C29H30ClN5S/c1-20-19-23(21(2)35(20)26-15-7-6-13-24(26)30)28-27(25-14-8-9-16-32-25)33-29(36)34(28)18-10-17-31-22-11-4-3-5-12-22/h3-9,11-16,19,27-28,31H,10,17-18H2,1-2H3,(H,33,36)/t27-,28+/m0/s1. The number of rotatable bonds is 8. The van der Waals surface area contributed by atoms with Gasteiger partial charge in [-0.05, 0) is 80.5 Å². The van der Waals surface area contributed by atoms with E-state index < -0.39 is 0 Å². The summed E-state index contributed by atoms with van der Waals surface area (Å²) in [5.74, 6) is 0. The quantitative estimate of drug-likeness (QED) is 0.204. The van der Waals surface area contributed by atoms with Crippen molar-refractivity contribution in [3.8, 4) is 5.69 Å². The molecule has 7 heteroatoms. The zero-order chi connectivity index (χ0) is 25.1. The molecule has 0 unspecified atom stereocenters. The van der Waals surface area contributed by atoms with Gasteiger partial charge < -0.3 is 20.1 Å². The number of hydrogen-bond acceptors (Lipinski definition) is 3. The predicted octanol–water partition coefficient (Wildman–Crippen LogP) is 6.62. The first kappa shape index (κ1) is 24.3. The predicted molar refractivity (Wildman–Crippen MR) is 152 cm³/mol. The molecule has 184 valence electrons. The smallest absolute Gasteiger partial charge is 0.170 e. The van der Waals surface area contributed by atoms with E-state index in [9.17, 15) is 0 Å². The fourth-order valence-electron chi connectivity index (χ4n) is 5.11. The molecule has 3 heterocycles. The maximum Gasteiger partial charge on any atom is 0.170 e. The van der Waals surface area contributed by atoms with Crippen LogP contribution < -0.4 is 10.6 Å². The molecule has 5 nitrogen and oxygen atoms in total. The van der Waals surface area contributed by atoms with Crippen LogP contribution in [0, 0.1) is 13.8 Å². The van der Waals surface area contributed by atoms with E-state index >= 15 is 0 Å². The van der Waals surface area contributed by atoms with E-state index in [4.69, 9.17) is 23.8 Å². The van der Waals surface area contributed by atoms with Gasteiger partial charge in [-0.25, -0.2) is 0 Å². The molecule has 1 saturated heterocycles. The maximum atomic E-state index is 6.60. The lowest BCUT2D eigenvalue weighted by atomic mass is 9.96. The number of pyridine rings is 1. The van der Waals surface area contributed by atoms with Crippen LogP contribution in [0.5, 0.6) is 0 Å². The molecule has 0 spiro atoms. The van der Waals surface area contributed by atoms with E-state index in [0.717, 1.165) is 58.1 Å². The number of para-hydroxylation sites is 2. The summed E-state index contributed by atoms with van der Waals surface area (Å²) in [7, 11) is 0. The number of anilines is 1. The van der Waals surface area contributed by atoms with Crippen molar-refractivity contribution in [3.05, 3.63) is 113 Å². The van der Waals surface area contributed by atoms with Crippen molar-refractivity contribution in [3.63, 3.8) is 0 Å². The summed E-state index contributed by atoms with van der Waals surface area (Å²) >= 11 is 12.5. The van der Waals surface area contributed by atoms with Gasteiger partial charge in [0.05, 0.1) is 28.5 Å². The molecule has 0 amide bonds. The molecular formula is C29H30ClN5S. The van der Waals surface area contributed by atoms with Gasteiger partial charge in [0.1, 0.15) is 0 Å².